The summed E-state index contributed by atoms with van der Waals surface area (Å²) in [6.07, 6.45) is 4.60. The zero-order chi connectivity index (χ0) is 10.1. The SMILES string of the molecule is c1cnc2nc(C3CCOC3)ncc2c1. The van der Waals surface area contributed by atoms with Crippen LogP contribution < -0.4 is 0 Å². The van der Waals surface area contributed by atoms with Crippen molar-refractivity contribution in [3.63, 3.8) is 0 Å². The van der Waals surface area contributed by atoms with Crippen molar-refractivity contribution in [2.45, 2.75) is 12.3 Å². The Kier molecular flexibility index (Phi) is 2.07. The zero-order valence-electron chi connectivity index (χ0n) is 8.26. The summed E-state index contributed by atoms with van der Waals surface area (Å²) < 4.78 is 5.32. The summed E-state index contributed by atoms with van der Waals surface area (Å²) >= 11 is 0. The topological polar surface area (TPSA) is 47.9 Å². The molecule has 1 fully saturated rings. The van der Waals surface area contributed by atoms with Crippen molar-refractivity contribution in [3.05, 3.63) is 30.4 Å². The molecule has 76 valence electrons. The van der Waals surface area contributed by atoms with Gasteiger partial charge in [-0.05, 0) is 18.6 Å². The molecule has 1 aliphatic heterocycles. The predicted molar refractivity (Wildman–Crippen MR) is 55.5 cm³/mol. The van der Waals surface area contributed by atoms with E-state index < -0.39 is 0 Å². The van der Waals surface area contributed by atoms with Gasteiger partial charge in [0.2, 0.25) is 0 Å². The molecular weight excluding hydrogens is 190 g/mol. The molecule has 15 heavy (non-hydrogen) atoms. The Balaban J connectivity index is 2.05. The lowest BCUT2D eigenvalue weighted by Gasteiger charge is -2.05. The van der Waals surface area contributed by atoms with Crippen LogP contribution in [-0.2, 0) is 4.74 Å². The van der Waals surface area contributed by atoms with Gasteiger partial charge >= 0.3 is 0 Å². The highest BCUT2D eigenvalue weighted by Crippen LogP contribution is 2.22. The fourth-order valence-electron chi connectivity index (χ4n) is 1.81. The number of hydrogen-bond donors (Lipinski definition) is 0. The van der Waals surface area contributed by atoms with E-state index in [1.807, 2.05) is 18.3 Å². The van der Waals surface area contributed by atoms with Gasteiger partial charge in [-0.15, -0.1) is 0 Å². The number of hydrogen-bond acceptors (Lipinski definition) is 4. The van der Waals surface area contributed by atoms with Crippen molar-refractivity contribution in [1.29, 1.82) is 0 Å². The molecule has 3 rings (SSSR count). The van der Waals surface area contributed by atoms with Crippen LogP contribution in [0.2, 0.25) is 0 Å². The second kappa shape index (κ2) is 3.55. The summed E-state index contributed by atoms with van der Waals surface area (Å²) in [6.45, 7) is 1.55. The van der Waals surface area contributed by atoms with E-state index in [1.165, 1.54) is 0 Å². The number of ether oxygens (including phenoxy) is 1. The van der Waals surface area contributed by atoms with Crippen LogP contribution in [0.1, 0.15) is 18.2 Å². The van der Waals surface area contributed by atoms with E-state index in [0.29, 0.717) is 5.92 Å². The minimum absolute atomic E-state index is 0.344. The van der Waals surface area contributed by atoms with Crippen molar-refractivity contribution >= 4 is 11.0 Å². The minimum atomic E-state index is 0.344. The number of fused-ring (bicyclic) bond motifs is 1. The van der Waals surface area contributed by atoms with Crippen LogP contribution in [0, 0.1) is 0 Å². The highest BCUT2D eigenvalue weighted by molar-refractivity contribution is 5.72. The summed E-state index contributed by atoms with van der Waals surface area (Å²) in [5.41, 5.74) is 0.773. The van der Waals surface area contributed by atoms with Gasteiger partial charge in [-0.3, -0.25) is 0 Å². The molecule has 0 radical (unpaired) electrons. The summed E-state index contributed by atoms with van der Waals surface area (Å²) in [5, 5.41) is 0.986. The fraction of sp³-hybridized carbons (Fsp3) is 0.364. The molecule has 2 aromatic heterocycles. The second-order valence-electron chi connectivity index (χ2n) is 3.70. The third-order valence-electron chi connectivity index (χ3n) is 2.67. The Morgan fingerprint density at radius 1 is 1.33 bits per heavy atom. The van der Waals surface area contributed by atoms with Crippen LogP contribution >= 0.6 is 0 Å². The molecule has 4 heteroatoms. The predicted octanol–water partition coefficient (Wildman–Crippen LogP) is 1.53. The van der Waals surface area contributed by atoms with E-state index in [-0.39, 0.29) is 0 Å². The van der Waals surface area contributed by atoms with Gasteiger partial charge in [0, 0.05) is 30.3 Å². The van der Waals surface area contributed by atoms with Gasteiger partial charge in [0.1, 0.15) is 5.82 Å². The molecule has 1 atom stereocenters. The molecule has 0 amide bonds. The van der Waals surface area contributed by atoms with E-state index in [0.717, 1.165) is 36.5 Å². The maximum atomic E-state index is 5.32. The fourth-order valence-corrected chi connectivity index (χ4v) is 1.81. The van der Waals surface area contributed by atoms with E-state index in [9.17, 15) is 0 Å². The van der Waals surface area contributed by atoms with Crippen LogP contribution in [-0.4, -0.2) is 28.2 Å². The first-order chi connectivity index (χ1) is 7.43. The largest absolute Gasteiger partial charge is 0.381 e. The zero-order valence-corrected chi connectivity index (χ0v) is 8.26. The molecular formula is C11H11N3O. The molecule has 2 aromatic rings. The van der Waals surface area contributed by atoms with E-state index in [4.69, 9.17) is 4.74 Å². The molecule has 0 aliphatic carbocycles. The van der Waals surface area contributed by atoms with Crippen molar-refractivity contribution in [2.75, 3.05) is 13.2 Å². The highest BCUT2D eigenvalue weighted by Gasteiger charge is 2.20. The second-order valence-corrected chi connectivity index (χ2v) is 3.70. The van der Waals surface area contributed by atoms with Crippen LogP contribution in [0.5, 0.6) is 0 Å². The first-order valence-corrected chi connectivity index (χ1v) is 5.09. The highest BCUT2D eigenvalue weighted by atomic mass is 16.5. The average molecular weight is 201 g/mol. The maximum absolute atomic E-state index is 5.32. The lowest BCUT2D eigenvalue weighted by atomic mass is 10.1. The van der Waals surface area contributed by atoms with Crippen molar-refractivity contribution in [3.8, 4) is 0 Å². The van der Waals surface area contributed by atoms with Crippen molar-refractivity contribution in [2.24, 2.45) is 0 Å². The molecule has 1 saturated heterocycles. The van der Waals surface area contributed by atoms with E-state index in [2.05, 4.69) is 15.0 Å². The quantitative estimate of drug-likeness (QED) is 0.702. The molecule has 1 aliphatic rings. The minimum Gasteiger partial charge on any atom is -0.381 e. The Labute approximate surface area is 87.3 Å². The Bertz CT molecular complexity index is 480. The third-order valence-corrected chi connectivity index (χ3v) is 2.67. The van der Waals surface area contributed by atoms with Gasteiger partial charge in [-0.1, -0.05) is 0 Å². The lowest BCUT2D eigenvalue weighted by molar-refractivity contribution is 0.193. The van der Waals surface area contributed by atoms with E-state index >= 15 is 0 Å². The molecule has 4 nitrogen and oxygen atoms in total. The van der Waals surface area contributed by atoms with Gasteiger partial charge < -0.3 is 4.74 Å². The summed E-state index contributed by atoms with van der Waals surface area (Å²) in [4.78, 5) is 13.0. The van der Waals surface area contributed by atoms with Crippen LogP contribution in [0.15, 0.2) is 24.5 Å². The third kappa shape index (κ3) is 1.57. The maximum Gasteiger partial charge on any atom is 0.162 e. The van der Waals surface area contributed by atoms with Gasteiger partial charge in [0.15, 0.2) is 5.65 Å². The Morgan fingerprint density at radius 3 is 3.20 bits per heavy atom. The average Bonchev–Trinajstić information content (AvgIpc) is 2.82. The standard InChI is InChI=1S/C11H11N3O/c1-2-8-6-13-11(9-3-5-15-7-9)14-10(8)12-4-1/h1-2,4,6,9H,3,5,7H2. The summed E-state index contributed by atoms with van der Waals surface area (Å²) in [5.74, 6) is 1.20. The number of pyridine rings is 1. The monoisotopic (exact) mass is 201 g/mol. The molecule has 0 N–H and O–H groups in total. The van der Waals surface area contributed by atoms with E-state index in [1.54, 1.807) is 6.20 Å². The van der Waals surface area contributed by atoms with Crippen LogP contribution in [0.25, 0.3) is 11.0 Å². The van der Waals surface area contributed by atoms with Crippen molar-refractivity contribution in [1.82, 2.24) is 15.0 Å². The van der Waals surface area contributed by atoms with Gasteiger partial charge in [0.05, 0.1) is 6.61 Å². The number of nitrogens with zero attached hydrogens (tertiary/aromatic N) is 3. The first kappa shape index (κ1) is 8.73. The van der Waals surface area contributed by atoms with Gasteiger partial charge in [-0.25, -0.2) is 15.0 Å². The molecule has 0 aromatic carbocycles. The van der Waals surface area contributed by atoms with Crippen molar-refractivity contribution < 1.29 is 4.74 Å². The Hall–Kier alpha value is -1.55. The molecule has 1 unspecified atom stereocenters. The smallest absolute Gasteiger partial charge is 0.162 e. The summed E-state index contributed by atoms with van der Waals surface area (Å²) in [7, 11) is 0. The van der Waals surface area contributed by atoms with Gasteiger partial charge in [-0.2, -0.15) is 0 Å². The molecule has 0 spiro atoms. The van der Waals surface area contributed by atoms with Crippen LogP contribution in [0.3, 0.4) is 0 Å². The normalized spacial score (nSPS) is 20.9. The molecule has 0 saturated carbocycles. The van der Waals surface area contributed by atoms with Gasteiger partial charge in [0.25, 0.3) is 0 Å². The Morgan fingerprint density at radius 2 is 2.33 bits per heavy atom. The summed E-state index contributed by atoms with van der Waals surface area (Å²) in [6, 6.07) is 3.86. The lowest BCUT2D eigenvalue weighted by Crippen LogP contribution is -2.04. The number of aromatic nitrogens is 3. The molecule has 0 bridgehead atoms. The number of rotatable bonds is 1. The molecule has 3 heterocycles. The first-order valence-electron chi connectivity index (χ1n) is 5.09. The van der Waals surface area contributed by atoms with Crippen LogP contribution in [0.4, 0.5) is 0 Å².